The van der Waals surface area contributed by atoms with Crippen molar-refractivity contribution < 1.29 is 4.74 Å². The fourth-order valence-electron chi connectivity index (χ4n) is 1.53. The van der Waals surface area contributed by atoms with Crippen LogP contribution < -0.4 is 4.74 Å². The summed E-state index contributed by atoms with van der Waals surface area (Å²) in [6, 6.07) is 8.42. The van der Waals surface area contributed by atoms with Gasteiger partial charge < -0.3 is 4.74 Å². The highest BCUT2D eigenvalue weighted by molar-refractivity contribution is 9.10. The molecule has 0 fully saturated rings. The highest BCUT2D eigenvalue weighted by Gasteiger charge is 2.12. The van der Waals surface area contributed by atoms with Crippen molar-refractivity contribution in [3.05, 3.63) is 28.2 Å². The van der Waals surface area contributed by atoms with Gasteiger partial charge in [-0.25, -0.2) is 0 Å². The van der Waals surface area contributed by atoms with Crippen LogP contribution in [-0.4, -0.2) is 24.6 Å². The Morgan fingerprint density at radius 2 is 2.18 bits per heavy atom. The van der Waals surface area contributed by atoms with Crippen molar-refractivity contribution >= 4 is 15.9 Å². The standard InChI is InChI=1S/C13H17BrN2O/c1-10(2)16(7-6-15)9-11-8-12(17-3)4-5-13(11)14/h4-5,8,10H,7,9H2,1-3H3. The molecule has 17 heavy (non-hydrogen) atoms. The zero-order valence-corrected chi connectivity index (χ0v) is 12.0. The Labute approximate surface area is 111 Å². The molecule has 0 aliphatic rings. The van der Waals surface area contributed by atoms with Crippen molar-refractivity contribution in [2.75, 3.05) is 13.7 Å². The van der Waals surface area contributed by atoms with Crippen LogP contribution in [0.25, 0.3) is 0 Å². The summed E-state index contributed by atoms with van der Waals surface area (Å²) in [5, 5.41) is 8.81. The van der Waals surface area contributed by atoms with Gasteiger partial charge in [0.15, 0.2) is 0 Å². The van der Waals surface area contributed by atoms with Crippen LogP contribution in [0.15, 0.2) is 22.7 Å². The minimum Gasteiger partial charge on any atom is -0.497 e. The molecule has 1 rings (SSSR count). The van der Waals surface area contributed by atoms with Crippen LogP contribution in [0, 0.1) is 11.3 Å². The Balaban J connectivity index is 2.88. The third kappa shape index (κ3) is 4.03. The molecular formula is C13H17BrN2O. The summed E-state index contributed by atoms with van der Waals surface area (Å²) in [5.41, 5.74) is 1.13. The molecule has 0 heterocycles. The van der Waals surface area contributed by atoms with Crippen molar-refractivity contribution in [1.82, 2.24) is 4.90 Å². The summed E-state index contributed by atoms with van der Waals surface area (Å²) in [7, 11) is 1.66. The van der Waals surface area contributed by atoms with Gasteiger partial charge >= 0.3 is 0 Å². The van der Waals surface area contributed by atoms with Gasteiger partial charge in [-0.2, -0.15) is 5.26 Å². The van der Waals surface area contributed by atoms with Gasteiger partial charge in [0.25, 0.3) is 0 Å². The number of rotatable bonds is 5. The van der Waals surface area contributed by atoms with Crippen LogP contribution in [0.3, 0.4) is 0 Å². The summed E-state index contributed by atoms with van der Waals surface area (Å²) >= 11 is 3.52. The molecule has 1 aromatic rings. The minimum absolute atomic E-state index is 0.341. The number of ether oxygens (including phenoxy) is 1. The first-order valence-corrected chi connectivity index (χ1v) is 6.31. The second-order valence-corrected chi connectivity index (χ2v) is 4.97. The third-order valence-corrected chi connectivity index (χ3v) is 3.40. The SMILES string of the molecule is COc1ccc(Br)c(CN(CC#N)C(C)C)c1. The van der Waals surface area contributed by atoms with Gasteiger partial charge in [-0.1, -0.05) is 15.9 Å². The van der Waals surface area contributed by atoms with E-state index in [-0.39, 0.29) is 0 Å². The van der Waals surface area contributed by atoms with Gasteiger partial charge in [0.2, 0.25) is 0 Å². The normalized spacial score (nSPS) is 10.6. The largest absolute Gasteiger partial charge is 0.497 e. The van der Waals surface area contributed by atoms with E-state index in [4.69, 9.17) is 10.00 Å². The van der Waals surface area contributed by atoms with Crippen molar-refractivity contribution in [2.24, 2.45) is 0 Å². The molecule has 0 bridgehead atoms. The maximum Gasteiger partial charge on any atom is 0.119 e. The average Bonchev–Trinajstić information content (AvgIpc) is 2.31. The highest BCUT2D eigenvalue weighted by Crippen LogP contribution is 2.24. The molecule has 0 amide bonds. The van der Waals surface area contributed by atoms with Gasteiger partial charge in [0, 0.05) is 17.1 Å². The Bertz CT molecular complexity index is 412. The topological polar surface area (TPSA) is 36.3 Å². The van der Waals surface area contributed by atoms with E-state index in [1.54, 1.807) is 7.11 Å². The predicted octanol–water partition coefficient (Wildman–Crippen LogP) is 3.19. The van der Waals surface area contributed by atoms with Gasteiger partial charge in [0.05, 0.1) is 19.7 Å². The third-order valence-electron chi connectivity index (χ3n) is 2.63. The maximum atomic E-state index is 8.81. The summed E-state index contributed by atoms with van der Waals surface area (Å²) in [4.78, 5) is 2.11. The van der Waals surface area contributed by atoms with Gasteiger partial charge in [-0.05, 0) is 37.6 Å². The maximum absolute atomic E-state index is 8.81. The van der Waals surface area contributed by atoms with E-state index < -0.39 is 0 Å². The molecule has 0 aliphatic carbocycles. The number of halogens is 1. The number of hydrogen-bond donors (Lipinski definition) is 0. The van der Waals surface area contributed by atoms with Crippen LogP contribution in [0.1, 0.15) is 19.4 Å². The fourth-order valence-corrected chi connectivity index (χ4v) is 1.90. The van der Waals surface area contributed by atoms with Gasteiger partial charge in [0.1, 0.15) is 5.75 Å². The molecule has 0 saturated carbocycles. The molecule has 0 aliphatic heterocycles. The lowest BCUT2D eigenvalue weighted by molar-refractivity contribution is 0.239. The number of nitrogens with zero attached hydrogens (tertiary/aromatic N) is 2. The minimum atomic E-state index is 0.341. The van der Waals surface area contributed by atoms with Crippen LogP contribution in [-0.2, 0) is 6.54 Å². The zero-order valence-electron chi connectivity index (χ0n) is 10.4. The molecule has 3 nitrogen and oxygen atoms in total. The quantitative estimate of drug-likeness (QED) is 0.783. The number of nitriles is 1. The van der Waals surface area contributed by atoms with Crippen LogP contribution >= 0.6 is 15.9 Å². The second-order valence-electron chi connectivity index (χ2n) is 4.11. The lowest BCUT2D eigenvalue weighted by Crippen LogP contribution is -2.30. The van der Waals surface area contributed by atoms with Crippen LogP contribution in [0.5, 0.6) is 5.75 Å². The number of methoxy groups -OCH3 is 1. The van der Waals surface area contributed by atoms with Crippen molar-refractivity contribution in [1.29, 1.82) is 5.26 Å². The summed E-state index contributed by atoms with van der Waals surface area (Å²) in [5.74, 6) is 0.837. The van der Waals surface area contributed by atoms with Gasteiger partial charge in [-0.15, -0.1) is 0 Å². The van der Waals surface area contributed by atoms with Crippen LogP contribution in [0.2, 0.25) is 0 Å². The fraction of sp³-hybridized carbons (Fsp3) is 0.462. The van der Waals surface area contributed by atoms with E-state index in [9.17, 15) is 0 Å². The molecule has 4 heteroatoms. The Morgan fingerprint density at radius 3 is 2.71 bits per heavy atom. The Kier molecular flexibility index (Phi) is 5.46. The Morgan fingerprint density at radius 1 is 1.47 bits per heavy atom. The zero-order chi connectivity index (χ0) is 12.8. The average molecular weight is 297 g/mol. The van der Waals surface area contributed by atoms with Gasteiger partial charge in [-0.3, -0.25) is 4.90 Å². The number of hydrogen-bond acceptors (Lipinski definition) is 3. The summed E-state index contributed by atoms with van der Waals surface area (Å²) in [6.45, 7) is 5.35. The predicted molar refractivity (Wildman–Crippen MR) is 71.9 cm³/mol. The smallest absolute Gasteiger partial charge is 0.119 e. The van der Waals surface area contributed by atoms with Crippen molar-refractivity contribution in [3.8, 4) is 11.8 Å². The molecule has 0 saturated heterocycles. The molecule has 0 unspecified atom stereocenters. The van der Waals surface area contributed by atoms with E-state index in [1.807, 2.05) is 18.2 Å². The Hall–Kier alpha value is -1.05. The summed E-state index contributed by atoms with van der Waals surface area (Å²) < 4.78 is 6.25. The van der Waals surface area contributed by atoms with Crippen molar-refractivity contribution in [3.63, 3.8) is 0 Å². The van der Waals surface area contributed by atoms with E-state index in [0.717, 1.165) is 22.3 Å². The van der Waals surface area contributed by atoms with E-state index in [1.165, 1.54) is 0 Å². The molecular weight excluding hydrogens is 280 g/mol. The lowest BCUT2D eigenvalue weighted by atomic mass is 10.2. The number of benzene rings is 1. The summed E-state index contributed by atoms with van der Waals surface area (Å²) in [6.07, 6.45) is 0. The van der Waals surface area contributed by atoms with E-state index in [0.29, 0.717) is 12.6 Å². The molecule has 0 aromatic heterocycles. The lowest BCUT2D eigenvalue weighted by Gasteiger charge is -2.24. The van der Waals surface area contributed by atoms with Crippen molar-refractivity contribution in [2.45, 2.75) is 26.4 Å². The van der Waals surface area contributed by atoms with E-state index >= 15 is 0 Å². The van der Waals surface area contributed by atoms with Crippen LogP contribution in [0.4, 0.5) is 0 Å². The first-order valence-electron chi connectivity index (χ1n) is 5.52. The monoisotopic (exact) mass is 296 g/mol. The molecule has 0 N–H and O–H groups in total. The highest BCUT2D eigenvalue weighted by atomic mass is 79.9. The molecule has 0 atom stereocenters. The molecule has 92 valence electrons. The second kappa shape index (κ2) is 6.63. The molecule has 1 aromatic carbocycles. The molecule has 0 radical (unpaired) electrons. The molecule has 0 spiro atoms. The van der Waals surface area contributed by atoms with E-state index in [2.05, 4.69) is 40.7 Å². The first kappa shape index (κ1) is 14.0. The first-order chi connectivity index (χ1) is 8.08.